The molecule has 0 saturated heterocycles. The van der Waals surface area contributed by atoms with Gasteiger partial charge in [0, 0.05) is 16.8 Å². The summed E-state index contributed by atoms with van der Waals surface area (Å²) >= 11 is 0. The minimum absolute atomic E-state index is 0.155. The standard InChI is InChI=1S/C26H24N2O3/c1-17-13-18(2)15-22(14-17)27-25(29)20-9-11-21(12-10-20)26-28-24(19(3)31-26)16-30-23-7-5-4-6-8-23/h4-15H,16H2,1-3H3,(H,27,29). The van der Waals surface area contributed by atoms with Crippen LogP contribution in [-0.4, -0.2) is 10.9 Å². The number of benzene rings is 3. The normalized spacial score (nSPS) is 10.7. The number of ether oxygens (including phenoxy) is 1. The molecule has 0 saturated carbocycles. The molecule has 0 spiro atoms. The summed E-state index contributed by atoms with van der Waals surface area (Å²) < 4.78 is 11.6. The summed E-state index contributed by atoms with van der Waals surface area (Å²) in [6.07, 6.45) is 0. The van der Waals surface area contributed by atoms with Crippen molar-refractivity contribution in [1.82, 2.24) is 4.98 Å². The largest absolute Gasteiger partial charge is 0.487 e. The maximum atomic E-state index is 12.6. The fourth-order valence-corrected chi connectivity index (χ4v) is 3.37. The number of carbonyl (C=O) groups excluding carboxylic acids is 1. The van der Waals surface area contributed by atoms with E-state index in [9.17, 15) is 4.79 Å². The van der Waals surface area contributed by atoms with Crippen molar-refractivity contribution in [3.63, 3.8) is 0 Å². The number of aromatic nitrogens is 1. The Bertz CT molecular complexity index is 1180. The van der Waals surface area contributed by atoms with Crippen LogP contribution in [0.1, 0.15) is 32.9 Å². The number of hydrogen-bond acceptors (Lipinski definition) is 4. The van der Waals surface area contributed by atoms with Crippen LogP contribution < -0.4 is 10.1 Å². The van der Waals surface area contributed by atoms with Crippen LogP contribution >= 0.6 is 0 Å². The lowest BCUT2D eigenvalue weighted by atomic mass is 10.1. The van der Waals surface area contributed by atoms with Crippen molar-refractivity contribution in [1.29, 1.82) is 0 Å². The number of nitrogens with one attached hydrogen (secondary N) is 1. The summed E-state index contributed by atoms with van der Waals surface area (Å²) in [5, 5.41) is 2.95. The lowest BCUT2D eigenvalue weighted by Crippen LogP contribution is -2.12. The summed E-state index contributed by atoms with van der Waals surface area (Å²) in [7, 11) is 0. The summed E-state index contributed by atoms with van der Waals surface area (Å²) in [4.78, 5) is 17.2. The van der Waals surface area contributed by atoms with Crippen molar-refractivity contribution in [2.75, 3.05) is 5.32 Å². The molecule has 0 unspecified atom stereocenters. The van der Waals surface area contributed by atoms with Crippen molar-refractivity contribution in [2.45, 2.75) is 27.4 Å². The molecule has 4 rings (SSSR count). The van der Waals surface area contributed by atoms with Gasteiger partial charge in [0.2, 0.25) is 5.89 Å². The van der Waals surface area contributed by atoms with E-state index >= 15 is 0 Å². The molecule has 1 N–H and O–H groups in total. The van der Waals surface area contributed by atoms with Crippen LogP contribution in [-0.2, 0) is 6.61 Å². The van der Waals surface area contributed by atoms with Crippen LogP contribution in [0.3, 0.4) is 0 Å². The monoisotopic (exact) mass is 412 g/mol. The molecule has 0 bridgehead atoms. The molecule has 156 valence electrons. The maximum absolute atomic E-state index is 12.6. The average molecular weight is 412 g/mol. The van der Waals surface area contributed by atoms with Gasteiger partial charge in [-0.3, -0.25) is 4.79 Å². The van der Waals surface area contributed by atoms with Crippen LogP contribution in [0.2, 0.25) is 0 Å². The highest BCUT2D eigenvalue weighted by Gasteiger charge is 2.13. The molecule has 1 amide bonds. The van der Waals surface area contributed by atoms with Gasteiger partial charge >= 0.3 is 0 Å². The van der Waals surface area contributed by atoms with Gasteiger partial charge in [-0.25, -0.2) is 4.98 Å². The van der Waals surface area contributed by atoms with Crippen molar-refractivity contribution in [3.8, 4) is 17.2 Å². The van der Waals surface area contributed by atoms with Gasteiger partial charge in [-0.05, 0) is 80.4 Å². The van der Waals surface area contributed by atoms with E-state index in [2.05, 4.69) is 16.4 Å². The fraction of sp³-hybridized carbons (Fsp3) is 0.154. The first-order valence-electron chi connectivity index (χ1n) is 10.1. The molecule has 5 heteroatoms. The highest BCUT2D eigenvalue weighted by atomic mass is 16.5. The van der Waals surface area contributed by atoms with E-state index in [0.29, 0.717) is 23.8 Å². The Morgan fingerprint density at radius 3 is 2.29 bits per heavy atom. The van der Waals surface area contributed by atoms with E-state index in [1.165, 1.54) is 0 Å². The van der Waals surface area contributed by atoms with E-state index in [-0.39, 0.29) is 5.91 Å². The van der Waals surface area contributed by atoms with Crippen molar-refractivity contribution < 1.29 is 13.9 Å². The van der Waals surface area contributed by atoms with Gasteiger partial charge in [0.15, 0.2) is 0 Å². The molecular weight excluding hydrogens is 388 g/mol. The summed E-state index contributed by atoms with van der Waals surface area (Å²) in [5.41, 5.74) is 5.12. The summed E-state index contributed by atoms with van der Waals surface area (Å²) in [6, 6.07) is 22.8. The van der Waals surface area contributed by atoms with Crippen molar-refractivity contribution in [3.05, 3.63) is 101 Å². The molecule has 0 radical (unpaired) electrons. The Hall–Kier alpha value is -3.86. The first-order chi connectivity index (χ1) is 15.0. The first kappa shape index (κ1) is 20.4. The van der Waals surface area contributed by atoms with Crippen molar-refractivity contribution >= 4 is 11.6 Å². The Labute approximate surface area is 181 Å². The molecule has 31 heavy (non-hydrogen) atoms. The number of rotatable bonds is 6. The van der Waals surface area contributed by atoms with Gasteiger partial charge in [-0.1, -0.05) is 24.3 Å². The zero-order valence-electron chi connectivity index (χ0n) is 17.8. The highest BCUT2D eigenvalue weighted by Crippen LogP contribution is 2.24. The third kappa shape index (κ3) is 5.01. The van der Waals surface area contributed by atoms with Crippen LogP contribution in [0, 0.1) is 20.8 Å². The van der Waals surface area contributed by atoms with Crippen LogP contribution in [0.5, 0.6) is 5.75 Å². The predicted molar refractivity (Wildman–Crippen MR) is 121 cm³/mol. The second-order valence-electron chi connectivity index (χ2n) is 7.53. The minimum Gasteiger partial charge on any atom is -0.487 e. The van der Waals surface area contributed by atoms with Crippen LogP contribution in [0.25, 0.3) is 11.5 Å². The summed E-state index contributed by atoms with van der Waals surface area (Å²) in [5.74, 6) is 1.84. The molecule has 0 atom stereocenters. The highest BCUT2D eigenvalue weighted by molar-refractivity contribution is 6.04. The molecule has 0 aliphatic rings. The molecule has 3 aromatic carbocycles. The molecule has 1 heterocycles. The zero-order valence-corrected chi connectivity index (χ0v) is 17.8. The lowest BCUT2D eigenvalue weighted by molar-refractivity contribution is 0.102. The fourth-order valence-electron chi connectivity index (χ4n) is 3.37. The Morgan fingerprint density at radius 1 is 0.935 bits per heavy atom. The Morgan fingerprint density at radius 2 is 1.61 bits per heavy atom. The second kappa shape index (κ2) is 8.88. The number of para-hydroxylation sites is 1. The predicted octanol–water partition coefficient (Wildman–Crippen LogP) is 6.10. The molecule has 5 nitrogen and oxygen atoms in total. The topological polar surface area (TPSA) is 64.4 Å². The van der Waals surface area contributed by atoms with E-state index in [4.69, 9.17) is 9.15 Å². The number of hydrogen-bond donors (Lipinski definition) is 1. The molecule has 0 aliphatic heterocycles. The maximum Gasteiger partial charge on any atom is 0.255 e. The number of amides is 1. The van der Waals surface area contributed by atoms with Crippen LogP contribution in [0.15, 0.2) is 77.2 Å². The Balaban J connectivity index is 1.44. The average Bonchev–Trinajstić information content (AvgIpc) is 3.13. The van der Waals surface area contributed by atoms with E-state index in [1.54, 1.807) is 12.1 Å². The second-order valence-corrected chi connectivity index (χ2v) is 7.53. The molecule has 0 fully saturated rings. The number of anilines is 1. The third-order valence-corrected chi connectivity index (χ3v) is 4.89. The molecular formula is C26H24N2O3. The quantitative estimate of drug-likeness (QED) is 0.416. The van der Waals surface area contributed by atoms with E-state index in [0.717, 1.165) is 33.8 Å². The van der Waals surface area contributed by atoms with Gasteiger partial charge in [0.05, 0.1) is 0 Å². The van der Waals surface area contributed by atoms with Gasteiger partial charge in [-0.2, -0.15) is 0 Å². The molecule has 1 aromatic heterocycles. The molecule has 4 aromatic rings. The first-order valence-corrected chi connectivity index (χ1v) is 10.1. The van der Waals surface area contributed by atoms with E-state index in [1.807, 2.05) is 75.4 Å². The number of carbonyl (C=O) groups is 1. The summed E-state index contributed by atoms with van der Waals surface area (Å²) in [6.45, 7) is 6.21. The molecule has 0 aliphatic carbocycles. The number of nitrogens with zero attached hydrogens (tertiary/aromatic N) is 1. The Kier molecular flexibility index (Phi) is 5.85. The number of oxazole rings is 1. The SMILES string of the molecule is Cc1cc(C)cc(NC(=O)c2ccc(-c3nc(COc4ccccc4)c(C)o3)cc2)c1. The number of aryl methyl sites for hydroxylation is 3. The lowest BCUT2D eigenvalue weighted by Gasteiger charge is -2.08. The van der Waals surface area contributed by atoms with Gasteiger partial charge < -0.3 is 14.5 Å². The van der Waals surface area contributed by atoms with Crippen molar-refractivity contribution in [2.24, 2.45) is 0 Å². The van der Waals surface area contributed by atoms with Gasteiger partial charge in [-0.15, -0.1) is 0 Å². The van der Waals surface area contributed by atoms with Crippen LogP contribution in [0.4, 0.5) is 5.69 Å². The smallest absolute Gasteiger partial charge is 0.255 e. The zero-order chi connectivity index (χ0) is 21.8. The van der Waals surface area contributed by atoms with Gasteiger partial charge in [0.25, 0.3) is 5.91 Å². The minimum atomic E-state index is -0.155. The van der Waals surface area contributed by atoms with E-state index < -0.39 is 0 Å². The third-order valence-electron chi connectivity index (χ3n) is 4.89. The van der Waals surface area contributed by atoms with Gasteiger partial charge in [0.1, 0.15) is 23.8 Å².